The number of hydrogen-bond acceptors (Lipinski definition) is 4. The Labute approximate surface area is 94.2 Å². The molecule has 0 fully saturated rings. The van der Waals surface area contributed by atoms with Crippen molar-refractivity contribution in [3.63, 3.8) is 0 Å². The van der Waals surface area contributed by atoms with Crippen LogP contribution in [0, 0.1) is 6.57 Å². The van der Waals surface area contributed by atoms with E-state index in [9.17, 15) is 9.59 Å². The number of ether oxygens (including phenoxy) is 2. The van der Waals surface area contributed by atoms with E-state index in [-0.39, 0.29) is 13.2 Å². The molecule has 5 nitrogen and oxygen atoms in total. The lowest BCUT2D eigenvalue weighted by Gasteiger charge is -2.15. The van der Waals surface area contributed by atoms with Crippen LogP contribution in [0.5, 0.6) is 0 Å². The molecule has 0 rings (SSSR count). The smallest absolute Gasteiger partial charge is 0.330 e. The van der Waals surface area contributed by atoms with E-state index in [0.29, 0.717) is 0 Å². The fourth-order valence-corrected chi connectivity index (χ4v) is 0.677. The van der Waals surface area contributed by atoms with E-state index in [4.69, 9.17) is 16.0 Å². The predicted octanol–water partition coefficient (Wildman–Crippen LogP) is 1.12. The maximum atomic E-state index is 10.8. The fourth-order valence-electron chi connectivity index (χ4n) is 0.677. The van der Waals surface area contributed by atoms with Crippen molar-refractivity contribution in [3.05, 3.63) is 36.7 Å². The third-order valence-corrected chi connectivity index (χ3v) is 1.65. The molecule has 0 atom stereocenters. The monoisotopic (exact) mass is 223 g/mol. The largest absolute Gasteiger partial charge is 0.454 e. The number of hydrogen-bond donors (Lipinski definition) is 0. The van der Waals surface area contributed by atoms with Crippen molar-refractivity contribution in [1.82, 2.24) is 0 Å². The van der Waals surface area contributed by atoms with Crippen LogP contribution in [0.25, 0.3) is 4.85 Å². The molecule has 0 aliphatic rings. The molecule has 0 unspecified atom stereocenters. The summed E-state index contributed by atoms with van der Waals surface area (Å²) in [6.45, 7) is 14.6. The van der Waals surface area contributed by atoms with Crippen LogP contribution in [0.2, 0.25) is 0 Å². The molecule has 0 spiro atoms. The first kappa shape index (κ1) is 13.9. The third-order valence-electron chi connectivity index (χ3n) is 1.65. The molecule has 0 bridgehead atoms. The van der Waals surface area contributed by atoms with Gasteiger partial charge in [0.25, 0.3) is 5.54 Å². The van der Waals surface area contributed by atoms with Gasteiger partial charge in [-0.15, -0.1) is 0 Å². The van der Waals surface area contributed by atoms with Crippen LogP contribution < -0.4 is 0 Å². The second-order valence-electron chi connectivity index (χ2n) is 3.23. The minimum Gasteiger partial charge on any atom is -0.454 e. The molecule has 0 aromatic rings. The third kappa shape index (κ3) is 4.96. The molecule has 0 aromatic heterocycles. The summed E-state index contributed by atoms with van der Waals surface area (Å²) in [6, 6.07) is 0. The Bertz CT molecular complexity index is 316. The second kappa shape index (κ2) is 6.40. The Morgan fingerprint density at radius 1 is 1.25 bits per heavy atom. The van der Waals surface area contributed by atoms with Crippen molar-refractivity contribution in [2.45, 2.75) is 12.5 Å². The van der Waals surface area contributed by atoms with Gasteiger partial charge >= 0.3 is 11.9 Å². The van der Waals surface area contributed by atoms with Crippen molar-refractivity contribution >= 4 is 11.9 Å². The molecular weight excluding hydrogens is 210 g/mol. The molecule has 5 heteroatoms. The summed E-state index contributed by atoms with van der Waals surface area (Å²) in [5.41, 5.74) is -1.09. The molecule has 0 aliphatic heterocycles. The number of nitrogens with zero attached hydrogens (tertiary/aromatic N) is 1. The Kier molecular flexibility index (Phi) is 5.57. The van der Waals surface area contributed by atoms with Crippen molar-refractivity contribution in [2.75, 3.05) is 13.2 Å². The highest BCUT2D eigenvalue weighted by atomic mass is 16.5. The van der Waals surface area contributed by atoms with Gasteiger partial charge in [0.15, 0.2) is 13.2 Å². The normalized spacial score (nSPS) is 9.75. The van der Waals surface area contributed by atoms with E-state index >= 15 is 0 Å². The number of carbonyl (C=O) groups is 2. The quantitative estimate of drug-likeness (QED) is 0.384. The van der Waals surface area contributed by atoms with Crippen LogP contribution in [0.3, 0.4) is 0 Å². The maximum absolute atomic E-state index is 10.8. The van der Waals surface area contributed by atoms with E-state index in [2.05, 4.69) is 18.0 Å². The Morgan fingerprint density at radius 2 is 1.62 bits per heavy atom. The van der Waals surface area contributed by atoms with Gasteiger partial charge in [0.1, 0.15) is 0 Å². The highest BCUT2D eigenvalue weighted by Gasteiger charge is 2.34. The van der Waals surface area contributed by atoms with Crippen LogP contribution in [-0.4, -0.2) is 30.7 Å². The molecule has 0 saturated carbocycles. The maximum Gasteiger partial charge on any atom is 0.330 e. The first-order valence-corrected chi connectivity index (χ1v) is 4.44. The summed E-state index contributed by atoms with van der Waals surface area (Å²) in [7, 11) is 0. The Balaban J connectivity index is 4.26. The van der Waals surface area contributed by atoms with Gasteiger partial charge in [-0.25, -0.2) is 16.2 Å². The molecule has 0 amide bonds. The van der Waals surface area contributed by atoms with Gasteiger partial charge in [-0.05, 0) is 0 Å². The molecule has 16 heavy (non-hydrogen) atoms. The Morgan fingerprint density at radius 3 is 1.88 bits per heavy atom. The van der Waals surface area contributed by atoms with Crippen LogP contribution in [0.15, 0.2) is 25.3 Å². The van der Waals surface area contributed by atoms with Crippen molar-refractivity contribution < 1.29 is 19.1 Å². The molecule has 0 saturated heterocycles. The minimum absolute atomic E-state index is 0.161. The summed E-state index contributed by atoms with van der Waals surface area (Å²) in [6.07, 6.45) is 2.00. The fraction of sp³-hybridized carbons (Fsp3) is 0.364. The predicted molar refractivity (Wildman–Crippen MR) is 57.3 cm³/mol. The van der Waals surface area contributed by atoms with Gasteiger partial charge in [-0.1, -0.05) is 13.2 Å². The molecule has 0 N–H and O–H groups in total. The summed E-state index contributed by atoms with van der Waals surface area (Å²) < 4.78 is 9.45. The minimum atomic E-state index is -1.09. The average molecular weight is 223 g/mol. The molecule has 0 aromatic carbocycles. The molecule has 86 valence electrons. The lowest BCUT2D eigenvalue weighted by molar-refractivity contribution is -0.142. The highest BCUT2D eigenvalue weighted by Crippen LogP contribution is 2.12. The van der Waals surface area contributed by atoms with Crippen molar-refractivity contribution in [2.24, 2.45) is 0 Å². The van der Waals surface area contributed by atoms with Gasteiger partial charge in [-0.2, -0.15) is 0 Å². The van der Waals surface area contributed by atoms with Gasteiger partial charge in [-0.3, -0.25) is 0 Å². The molecule has 0 heterocycles. The zero-order valence-electron chi connectivity index (χ0n) is 9.06. The highest BCUT2D eigenvalue weighted by molar-refractivity contribution is 5.81. The molecule has 0 radical (unpaired) electrons. The van der Waals surface area contributed by atoms with Crippen LogP contribution >= 0.6 is 0 Å². The first-order chi connectivity index (χ1) is 7.47. The molecule has 0 aliphatic carbocycles. The van der Waals surface area contributed by atoms with Gasteiger partial charge in [0.05, 0.1) is 0 Å². The molecular formula is C11H13NO4. The first-order valence-electron chi connectivity index (χ1n) is 4.44. The van der Waals surface area contributed by atoms with E-state index in [1.807, 2.05) is 0 Å². The second-order valence-corrected chi connectivity index (χ2v) is 3.23. The standard InChI is InChI=1S/C11H13NO4/c1-5-9(13)15-7-11(3,12-4)8-16-10(14)6-2/h5-6H,1-2,7-8H2,3H3. The van der Waals surface area contributed by atoms with Crippen LogP contribution in [0.4, 0.5) is 0 Å². The SMILES string of the molecule is [C-]#[N+]C(C)(COC(=O)C=C)COC(=O)C=C. The number of carbonyl (C=O) groups excluding carboxylic acids is 2. The van der Waals surface area contributed by atoms with Crippen molar-refractivity contribution in [1.29, 1.82) is 0 Å². The van der Waals surface area contributed by atoms with E-state index < -0.39 is 17.5 Å². The lowest BCUT2D eigenvalue weighted by atomic mass is 10.1. The summed E-state index contributed by atoms with van der Waals surface area (Å²) >= 11 is 0. The topological polar surface area (TPSA) is 57.0 Å². The number of rotatable bonds is 6. The van der Waals surface area contributed by atoms with Gasteiger partial charge in [0.2, 0.25) is 0 Å². The summed E-state index contributed by atoms with van der Waals surface area (Å²) in [4.78, 5) is 24.9. The number of esters is 2. The zero-order valence-corrected chi connectivity index (χ0v) is 9.06. The van der Waals surface area contributed by atoms with Crippen LogP contribution in [0.1, 0.15) is 6.92 Å². The lowest BCUT2D eigenvalue weighted by Crippen LogP contribution is -2.34. The zero-order chi connectivity index (χ0) is 12.6. The van der Waals surface area contributed by atoms with Gasteiger partial charge in [0, 0.05) is 19.1 Å². The van der Waals surface area contributed by atoms with E-state index in [1.54, 1.807) is 0 Å². The van der Waals surface area contributed by atoms with Crippen molar-refractivity contribution in [3.8, 4) is 0 Å². The van der Waals surface area contributed by atoms with E-state index in [0.717, 1.165) is 12.2 Å². The van der Waals surface area contributed by atoms with Crippen LogP contribution in [-0.2, 0) is 19.1 Å². The Hall–Kier alpha value is -2.09. The summed E-state index contributed by atoms with van der Waals surface area (Å²) in [5.74, 6) is -1.24. The van der Waals surface area contributed by atoms with E-state index in [1.165, 1.54) is 6.92 Å². The van der Waals surface area contributed by atoms with Gasteiger partial charge < -0.3 is 14.3 Å². The average Bonchev–Trinajstić information content (AvgIpc) is 2.32. The summed E-state index contributed by atoms with van der Waals surface area (Å²) in [5, 5.41) is 0.